The van der Waals surface area contributed by atoms with Crippen molar-refractivity contribution in [2.45, 2.75) is 6.54 Å². The molecule has 1 N–H and O–H groups in total. The molecular weight excluding hydrogens is 259 g/mol. The van der Waals surface area contributed by atoms with E-state index in [0.29, 0.717) is 11.2 Å². The Morgan fingerprint density at radius 2 is 2.10 bits per heavy atom. The summed E-state index contributed by atoms with van der Waals surface area (Å²) >= 11 is 0. The summed E-state index contributed by atoms with van der Waals surface area (Å²) < 4.78 is 14.8. The molecular formula is C15H11FN2O2. The predicted molar refractivity (Wildman–Crippen MR) is 72.2 cm³/mol. The average Bonchev–Trinajstić information content (AvgIpc) is 2.78. The SMILES string of the molecule is O=C(O)c1cc2cccnc2n1Cc1cccc(F)c1. The van der Waals surface area contributed by atoms with E-state index < -0.39 is 5.97 Å². The van der Waals surface area contributed by atoms with Crippen LogP contribution in [0.25, 0.3) is 11.0 Å². The molecule has 0 unspecified atom stereocenters. The Labute approximate surface area is 114 Å². The molecule has 0 aliphatic heterocycles. The van der Waals surface area contributed by atoms with Crippen LogP contribution < -0.4 is 0 Å². The van der Waals surface area contributed by atoms with E-state index in [0.717, 1.165) is 5.39 Å². The summed E-state index contributed by atoms with van der Waals surface area (Å²) in [5.74, 6) is -1.37. The summed E-state index contributed by atoms with van der Waals surface area (Å²) in [7, 11) is 0. The third-order valence-corrected chi connectivity index (χ3v) is 3.10. The van der Waals surface area contributed by atoms with Gasteiger partial charge in [-0.2, -0.15) is 0 Å². The number of benzene rings is 1. The van der Waals surface area contributed by atoms with E-state index in [4.69, 9.17) is 0 Å². The first kappa shape index (κ1) is 12.3. The van der Waals surface area contributed by atoms with Crippen molar-refractivity contribution in [3.63, 3.8) is 0 Å². The van der Waals surface area contributed by atoms with Crippen molar-refractivity contribution < 1.29 is 14.3 Å². The largest absolute Gasteiger partial charge is 0.477 e. The van der Waals surface area contributed by atoms with Crippen molar-refractivity contribution in [3.05, 3.63) is 65.7 Å². The lowest BCUT2D eigenvalue weighted by molar-refractivity contribution is 0.0686. The first-order valence-corrected chi connectivity index (χ1v) is 6.07. The van der Waals surface area contributed by atoms with E-state index in [1.54, 1.807) is 41.1 Å². The molecule has 5 heteroatoms. The molecule has 2 aromatic heterocycles. The Bertz CT molecular complexity index is 795. The van der Waals surface area contributed by atoms with Gasteiger partial charge in [0.25, 0.3) is 0 Å². The van der Waals surface area contributed by atoms with Gasteiger partial charge in [0.2, 0.25) is 0 Å². The standard InChI is InChI=1S/C15H11FN2O2/c16-12-5-1-3-10(7-12)9-18-13(15(19)20)8-11-4-2-6-17-14(11)18/h1-8H,9H2,(H,19,20). The van der Waals surface area contributed by atoms with Gasteiger partial charge >= 0.3 is 5.97 Å². The number of rotatable bonds is 3. The topological polar surface area (TPSA) is 55.1 Å². The number of carboxylic acid groups (broad SMARTS) is 1. The fourth-order valence-corrected chi connectivity index (χ4v) is 2.24. The van der Waals surface area contributed by atoms with Crippen LogP contribution in [-0.4, -0.2) is 20.6 Å². The number of carbonyl (C=O) groups is 1. The number of hydrogen-bond acceptors (Lipinski definition) is 2. The summed E-state index contributed by atoms with van der Waals surface area (Å²) in [6.07, 6.45) is 1.61. The number of carboxylic acids is 1. The monoisotopic (exact) mass is 270 g/mol. The molecule has 0 bridgehead atoms. The van der Waals surface area contributed by atoms with Gasteiger partial charge in [0.15, 0.2) is 0 Å². The molecule has 0 radical (unpaired) electrons. The Morgan fingerprint density at radius 1 is 1.25 bits per heavy atom. The molecule has 3 rings (SSSR count). The molecule has 0 aliphatic rings. The number of aromatic carboxylic acids is 1. The molecule has 4 nitrogen and oxygen atoms in total. The lowest BCUT2D eigenvalue weighted by Crippen LogP contribution is -2.10. The van der Waals surface area contributed by atoms with Gasteiger partial charge < -0.3 is 9.67 Å². The summed E-state index contributed by atoms with van der Waals surface area (Å²) in [6, 6.07) is 11.2. The molecule has 100 valence electrons. The fraction of sp³-hybridized carbons (Fsp3) is 0.0667. The molecule has 0 aliphatic carbocycles. The predicted octanol–water partition coefficient (Wildman–Crippen LogP) is 2.92. The average molecular weight is 270 g/mol. The van der Waals surface area contributed by atoms with Crippen molar-refractivity contribution in [2.75, 3.05) is 0 Å². The highest BCUT2D eigenvalue weighted by atomic mass is 19.1. The quantitative estimate of drug-likeness (QED) is 0.796. The molecule has 0 amide bonds. The van der Waals surface area contributed by atoms with Crippen molar-refractivity contribution in [2.24, 2.45) is 0 Å². The van der Waals surface area contributed by atoms with Crippen molar-refractivity contribution in [3.8, 4) is 0 Å². The van der Waals surface area contributed by atoms with Crippen LogP contribution in [0.5, 0.6) is 0 Å². The van der Waals surface area contributed by atoms with Crippen LogP contribution in [0.1, 0.15) is 16.1 Å². The molecule has 0 spiro atoms. The van der Waals surface area contributed by atoms with Gasteiger partial charge in [-0.05, 0) is 35.9 Å². The van der Waals surface area contributed by atoms with Gasteiger partial charge in [-0.15, -0.1) is 0 Å². The zero-order chi connectivity index (χ0) is 14.1. The normalized spacial score (nSPS) is 10.8. The van der Waals surface area contributed by atoms with Crippen LogP contribution in [0.3, 0.4) is 0 Å². The van der Waals surface area contributed by atoms with Crippen molar-refractivity contribution >= 4 is 17.0 Å². The highest BCUT2D eigenvalue weighted by Crippen LogP contribution is 2.19. The van der Waals surface area contributed by atoms with E-state index in [2.05, 4.69) is 4.98 Å². The lowest BCUT2D eigenvalue weighted by Gasteiger charge is -2.07. The van der Waals surface area contributed by atoms with E-state index >= 15 is 0 Å². The number of hydrogen-bond donors (Lipinski definition) is 1. The van der Waals surface area contributed by atoms with E-state index in [9.17, 15) is 14.3 Å². The number of fused-ring (bicyclic) bond motifs is 1. The second-order valence-corrected chi connectivity index (χ2v) is 4.47. The van der Waals surface area contributed by atoms with Crippen LogP contribution in [0.15, 0.2) is 48.7 Å². The summed E-state index contributed by atoms with van der Waals surface area (Å²) in [5, 5.41) is 10.0. The van der Waals surface area contributed by atoms with Crippen molar-refractivity contribution in [1.82, 2.24) is 9.55 Å². The molecule has 0 saturated heterocycles. The molecule has 0 fully saturated rings. The Hall–Kier alpha value is -2.69. The fourth-order valence-electron chi connectivity index (χ4n) is 2.24. The van der Waals surface area contributed by atoms with Crippen molar-refractivity contribution in [1.29, 1.82) is 0 Å². The van der Waals surface area contributed by atoms with Gasteiger partial charge in [-0.1, -0.05) is 12.1 Å². The van der Waals surface area contributed by atoms with Crippen LogP contribution in [0.2, 0.25) is 0 Å². The van der Waals surface area contributed by atoms with E-state index in [-0.39, 0.29) is 18.1 Å². The maximum absolute atomic E-state index is 13.2. The zero-order valence-corrected chi connectivity index (χ0v) is 10.5. The lowest BCUT2D eigenvalue weighted by atomic mass is 10.2. The Morgan fingerprint density at radius 3 is 2.85 bits per heavy atom. The molecule has 0 saturated carbocycles. The van der Waals surface area contributed by atoms with Gasteiger partial charge in [0.1, 0.15) is 17.2 Å². The Kier molecular flexibility index (Phi) is 2.95. The minimum Gasteiger partial charge on any atom is -0.477 e. The summed E-state index contributed by atoms with van der Waals surface area (Å²) in [4.78, 5) is 15.5. The number of halogens is 1. The highest BCUT2D eigenvalue weighted by molar-refractivity contribution is 5.93. The number of nitrogens with zero attached hydrogens (tertiary/aromatic N) is 2. The second-order valence-electron chi connectivity index (χ2n) is 4.47. The van der Waals surface area contributed by atoms with Crippen LogP contribution in [0, 0.1) is 5.82 Å². The van der Waals surface area contributed by atoms with Gasteiger partial charge in [0, 0.05) is 18.1 Å². The zero-order valence-electron chi connectivity index (χ0n) is 10.5. The number of pyridine rings is 1. The maximum Gasteiger partial charge on any atom is 0.352 e. The number of aromatic nitrogens is 2. The highest BCUT2D eigenvalue weighted by Gasteiger charge is 2.15. The third kappa shape index (κ3) is 2.14. The minimum absolute atomic E-state index is 0.142. The molecule has 20 heavy (non-hydrogen) atoms. The van der Waals surface area contributed by atoms with Crippen LogP contribution in [-0.2, 0) is 6.54 Å². The smallest absolute Gasteiger partial charge is 0.352 e. The third-order valence-electron chi connectivity index (χ3n) is 3.10. The molecule has 1 aromatic carbocycles. The van der Waals surface area contributed by atoms with Gasteiger partial charge in [-0.25, -0.2) is 14.2 Å². The first-order chi connectivity index (χ1) is 9.65. The maximum atomic E-state index is 13.2. The molecule has 3 aromatic rings. The first-order valence-electron chi connectivity index (χ1n) is 6.07. The molecule has 0 atom stereocenters. The van der Waals surface area contributed by atoms with Crippen LogP contribution in [0.4, 0.5) is 4.39 Å². The summed E-state index contributed by atoms with van der Waals surface area (Å²) in [6.45, 7) is 0.264. The van der Waals surface area contributed by atoms with E-state index in [1.165, 1.54) is 12.1 Å². The van der Waals surface area contributed by atoms with E-state index in [1.807, 2.05) is 0 Å². The Balaban J connectivity index is 2.14. The molecule has 2 heterocycles. The second kappa shape index (κ2) is 4.77. The van der Waals surface area contributed by atoms with Crippen LogP contribution >= 0.6 is 0 Å². The minimum atomic E-state index is -1.03. The van der Waals surface area contributed by atoms with Gasteiger partial charge in [0.05, 0.1) is 0 Å². The van der Waals surface area contributed by atoms with Gasteiger partial charge in [-0.3, -0.25) is 0 Å². The summed E-state index contributed by atoms with van der Waals surface area (Å²) in [5.41, 5.74) is 1.41.